The molecule has 106 valence electrons. The Kier molecular flexibility index (Phi) is 3.51. The normalized spacial score (nSPS) is 18.1. The van der Waals surface area contributed by atoms with Gasteiger partial charge in [-0.15, -0.1) is 0 Å². The number of nitrogens with one attached hydrogen (secondary N) is 1. The fourth-order valence-electron chi connectivity index (χ4n) is 1.84. The van der Waals surface area contributed by atoms with E-state index >= 15 is 0 Å². The van der Waals surface area contributed by atoms with Crippen molar-refractivity contribution in [2.75, 3.05) is 5.32 Å². The third-order valence-electron chi connectivity index (χ3n) is 3.19. The lowest BCUT2D eigenvalue weighted by molar-refractivity contribution is -0.0436. The van der Waals surface area contributed by atoms with Crippen LogP contribution in [-0.4, -0.2) is 20.0 Å². The molecule has 1 aliphatic carbocycles. The fourth-order valence-corrected chi connectivity index (χ4v) is 2.60. The van der Waals surface area contributed by atoms with Crippen LogP contribution in [0, 0.1) is 5.92 Å². The topological polar surface area (TPSA) is 46.2 Å². The summed E-state index contributed by atoms with van der Waals surface area (Å²) in [6.45, 7) is 2.00. The van der Waals surface area contributed by atoms with Crippen LogP contribution in [0.4, 0.5) is 18.9 Å². The van der Waals surface area contributed by atoms with Crippen molar-refractivity contribution in [2.45, 2.75) is 36.2 Å². The third-order valence-corrected chi connectivity index (χ3v) is 4.69. The van der Waals surface area contributed by atoms with Crippen LogP contribution >= 0.6 is 0 Å². The van der Waals surface area contributed by atoms with Gasteiger partial charge in [-0.1, -0.05) is 0 Å². The van der Waals surface area contributed by atoms with Gasteiger partial charge in [-0.05, 0) is 49.9 Å². The minimum absolute atomic E-state index is 0.241. The zero-order valence-electron chi connectivity index (χ0n) is 10.2. The van der Waals surface area contributed by atoms with Gasteiger partial charge >= 0.3 is 5.51 Å². The van der Waals surface area contributed by atoms with E-state index in [1.165, 1.54) is 12.1 Å². The van der Waals surface area contributed by atoms with Crippen LogP contribution in [0.25, 0.3) is 0 Å². The highest BCUT2D eigenvalue weighted by molar-refractivity contribution is 7.92. The molecule has 0 radical (unpaired) electrons. The predicted molar refractivity (Wildman–Crippen MR) is 65.5 cm³/mol. The molecule has 0 spiro atoms. The molecule has 1 N–H and O–H groups in total. The molecule has 1 aromatic carbocycles. The minimum atomic E-state index is -5.26. The molecule has 1 aliphatic rings. The maximum absolute atomic E-state index is 12.3. The number of rotatable bonds is 4. The van der Waals surface area contributed by atoms with Crippen LogP contribution in [0.15, 0.2) is 29.2 Å². The largest absolute Gasteiger partial charge is 0.501 e. The van der Waals surface area contributed by atoms with Crippen molar-refractivity contribution in [3.63, 3.8) is 0 Å². The van der Waals surface area contributed by atoms with Crippen LogP contribution in [0.1, 0.15) is 19.8 Å². The fraction of sp³-hybridized carbons (Fsp3) is 0.500. The van der Waals surface area contributed by atoms with E-state index in [9.17, 15) is 21.6 Å². The number of hydrogen-bond acceptors (Lipinski definition) is 3. The molecule has 7 heteroatoms. The maximum atomic E-state index is 12.3. The van der Waals surface area contributed by atoms with Crippen molar-refractivity contribution in [1.29, 1.82) is 0 Å². The zero-order chi connectivity index (χ0) is 14.3. The second-order valence-corrected chi connectivity index (χ2v) is 6.69. The van der Waals surface area contributed by atoms with Gasteiger partial charge in [0.25, 0.3) is 9.84 Å². The molecular weight excluding hydrogens is 279 g/mol. The quantitative estimate of drug-likeness (QED) is 0.927. The molecule has 1 saturated carbocycles. The van der Waals surface area contributed by atoms with Gasteiger partial charge < -0.3 is 5.32 Å². The number of alkyl halides is 3. The van der Waals surface area contributed by atoms with Crippen LogP contribution in [0.2, 0.25) is 0 Å². The van der Waals surface area contributed by atoms with E-state index < -0.39 is 20.2 Å². The zero-order valence-corrected chi connectivity index (χ0v) is 11.1. The summed E-state index contributed by atoms with van der Waals surface area (Å²) in [4.78, 5) is -0.732. The Balaban J connectivity index is 2.14. The molecule has 0 bridgehead atoms. The third kappa shape index (κ3) is 3.02. The summed E-state index contributed by atoms with van der Waals surface area (Å²) >= 11 is 0. The Bertz CT molecular complexity index is 547. The van der Waals surface area contributed by atoms with Crippen molar-refractivity contribution < 1.29 is 21.6 Å². The molecule has 1 unspecified atom stereocenters. The molecule has 3 nitrogen and oxygen atoms in total. The number of benzene rings is 1. The number of sulfone groups is 1. The first-order chi connectivity index (χ1) is 8.72. The first-order valence-corrected chi connectivity index (χ1v) is 7.38. The summed E-state index contributed by atoms with van der Waals surface area (Å²) in [6, 6.07) is 4.91. The van der Waals surface area contributed by atoms with Crippen LogP contribution in [-0.2, 0) is 9.84 Å². The van der Waals surface area contributed by atoms with Gasteiger partial charge in [-0.3, -0.25) is 0 Å². The molecule has 0 aromatic heterocycles. The number of hydrogen-bond donors (Lipinski definition) is 1. The number of halogens is 3. The standard InChI is InChI=1S/C12H14F3NO2S/c1-8(9-2-3-9)16-10-4-6-11(7-5-10)19(17,18)12(13,14)15/h4-9,16H,2-3H2,1H3. The first-order valence-electron chi connectivity index (χ1n) is 5.90. The van der Waals surface area contributed by atoms with E-state index in [0.29, 0.717) is 11.6 Å². The summed E-state index contributed by atoms with van der Waals surface area (Å²) in [7, 11) is -5.25. The van der Waals surface area contributed by atoms with Gasteiger partial charge in [0.2, 0.25) is 0 Å². The Morgan fingerprint density at radius 3 is 2.16 bits per heavy atom. The van der Waals surface area contributed by atoms with Gasteiger partial charge in [0.15, 0.2) is 0 Å². The molecule has 19 heavy (non-hydrogen) atoms. The van der Waals surface area contributed by atoms with E-state index in [1.54, 1.807) is 0 Å². The average Bonchev–Trinajstić information content (AvgIpc) is 3.11. The molecule has 1 atom stereocenters. The summed E-state index contributed by atoms with van der Waals surface area (Å²) in [5, 5.41) is 3.15. The van der Waals surface area contributed by atoms with Crippen molar-refractivity contribution in [2.24, 2.45) is 5.92 Å². The Morgan fingerprint density at radius 1 is 1.21 bits per heavy atom. The molecule has 0 saturated heterocycles. The molecule has 2 rings (SSSR count). The highest BCUT2D eigenvalue weighted by atomic mass is 32.2. The Morgan fingerprint density at radius 2 is 1.74 bits per heavy atom. The van der Waals surface area contributed by atoms with Crippen LogP contribution in [0.5, 0.6) is 0 Å². The van der Waals surface area contributed by atoms with Gasteiger partial charge in [0.05, 0.1) is 4.90 Å². The Labute approximate surface area is 109 Å². The highest BCUT2D eigenvalue weighted by Gasteiger charge is 2.46. The monoisotopic (exact) mass is 293 g/mol. The van der Waals surface area contributed by atoms with Crippen molar-refractivity contribution in [3.05, 3.63) is 24.3 Å². The van der Waals surface area contributed by atoms with Crippen molar-refractivity contribution >= 4 is 15.5 Å². The van der Waals surface area contributed by atoms with Gasteiger partial charge in [-0.2, -0.15) is 13.2 Å². The molecule has 1 aromatic rings. The van der Waals surface area contributed by atoms with Crippen molar-refractivity contribution in [1.82, 2.24) is 0 Å². The summed E-state index contributed by atoms with van der Waals surface area (Å²) in [6.07, 6.45) is 2.30. The second-order valence-electron chi connectivity index (χ2n) is 4.74. The maximum Gasteiger partial charge on any atom is 0.501 e. The highest BCUT2D eigenvalue weighted by Crippen LogP contribution is 2.34. The van der Waals surface area contributed by atoms with E-state index in [0.717, 1.165) is 25.0 Å². The Hall–Kier alpha value is -1.24. The summed E-state index contributed by atoms with van der Waals surface area (Å²) < 4.78 is 59.3. The van der Waals surface area contributed by atoms with Crippen LogP contribution < -0.4 is 5.32 Å². The van der Waals surface area contributed by atoms with Crippen molar-refractivity contribution in [3.8, 4) is 0 Å². The van der Waals surface area contributed by atoms with Gasteiger partial charge in [0.1, 0.15) is 0 Å². The summed E-state index contributed by atoms with van der Waals surface area (Å²) in [5.41, 5.74) is -4.64. The van der Waals surface area contributed by atoms with Crippen LogP contribution in [0.3, 0.4) is 0 Å². The lowest BCUT2D eigenvalue weighted by Gasteiger charge is -2.15. The minimum Gasteiger partial charge on any atom is -0.382 e. The molecule has 1 fully saturated rings. The van der Waals surface area contributed by atoms with E-state index in [4.69, 9.17) is 0 Å². The predicted octanol–water partition coefficient (Wildman–Crippen LogP) is 3.19. The van der Waals surface area contributed by atoms with E-state index in [2.05, 4.69) is 5.32 Å². The van der Waals surface area contributed by atoms with Gasteiger partial charge in [0, 0.05) is 11.7 Å². The molecule has 0 aliphatic heterocycles. The second kappa shape index (κ2) is 4.70. The average molecular weight is 293 g/mol. The smallest absolute Gasteiger partial charge is 0.382 e. The van der Waals surface area contributed by atoms with E-state index in [1.807, 2.05) is 6.92 Å². The lowest BCUT2D eigenvalue weighted by atomic mass is 10.2. The van der Waals surface area contributed by atoms with E-state index in [-0.39, 0.29) is 6.04 Å². The summed E-state index contributed by atoms with van der Waals surface area (Å²) in [5.74, 6) is 0.596. The van der Waals surface area contributed by atoms with Gasteiger partial charge in [-0.25, -0.2) is 8.42 Å². The molecular formula is C12H14F3NO2S. The molecule has 0 heterocycles. The lowest BCUT2D eigenvalue weighted by Crippen LogP contribution is -2.23. The molecule has 0 amide bonds. The first kappa shape index (κ1) is 14.2. The number of anilines is 1. The SMILES string of the molecule is CC(Nc1ccc(S(=O)(=O)C(F)(F)F)cc1)C1CC1.